The first-order valence-corrected chi connectivity index (χ1v) is 24.1. The first-order chi connectivity index (χ1) is 28.3. The van der Waals surface area contributed by atoms with Gasteiger partial charge >= 0.3 is 17.9 Å². The van der Waals surface area contributed by atoms with Crippen LogP contribution in [0.4, 0.5) is 0 Å². The van der Waals surface area contributed by atoms with Crippen LogP contribution >= 0.6 is 0 Å². The molecule has 0 aromatic rings. The zero-order valence-electron chi connectivity index (χ0n) is 38.0. The Morgan fingerprint density at radius 1 is 0.483 bits per heavy atom. The summed E-state index contributed by atoms with van der Waals surface area (Å²) in [5.41, 5.74) is -1.21. The second kappa shape index (κ2) is 38.9. The summed E-state index contributed by atoms with van der Waals surface area (Å²) in [5.74, 6) is -1.08. The van der Waals surface area contributed by atoms with Crippen LogP contribution in [0.2, 0.25) is 0 Å². The van der Waals surface area contributed by atoms with E-state index in [-0.39, 0.29) is 44.1 Å². The van der Waals surface area contributed by atoms with E-state index in [0.717, 1.165) is 90.4 Å². The predicted molar refractivity (Wildman–Crippen MR) is 240 cm³/mol. The number of hydrogen-bond acceptors (Lipinski definition) is 9. The molecule has 0 unspecified atom stereocenters. The summed E-state index contributed by atoms with van der Waals surface area (Å²) >= 11 is 0. The summed E-state index contributed by atoms with van der Waals surface area (Å²) in [4.78, 5) is 42.8. The van der Waals surface area contributed by atoms with Gasteiger partial charge in [-0.15, -0.1) is 0 Å². The lowest BCUT2D eigenvalue weighted by Gasteiger charge is -2.32. The molecule has 1 aliphatic heterocycles. The molecule has 1 rings (SSSR count). The standard InChI is InChI=1S/C49H90N2O7/c1-4-6-8-10-12-14-16-18-20-22-24-26-28-30-32-34-46(53)56-43-49(42-52,45-58-48(55)36-37-51-40-38-50(3)39-41-51)44-57-47(54)35-33-31-29-27-25-23-21-19-17-15-13-11-9-7-5-2/h18-21,52H,4-17,22-45H2,1-3H3/b20-18-,21-19-. The second-order valence-corrected chi connectivity index (χ2v) is 17.2. The summed E-state index contributed by atoms with van der Waals surface area (Å²) in [7, 11) is 2.09. The quantitative estimate of drug-likeness (QED) is 0.0280. The Labute approximate surface area is 356 Å². The molecule has 1 fully saturated rings. The molecule has 0 bridgehead atoms. The molecular weight excluding hydrogens is 729 g/mol. The average molecular weight is 819 g/mol. The molecular formula is C49H90N2O7. The maximum atomic E-state index is 12.8. The molecule has 9 nitrogen and oxygen atoms in total. The highest BCUT2D eigenvalue weighted by Crippen LogP contribution is 2.21. The number of nitrogens with zero attached hydrogens (tertiary/aromatic N) is 2. The third kappa shape index (κ3) is 32.6. The Kier molecular flexibility index (Phi) is 36.1. The Morgan fingerprint density at radius 3 is 1.17 bits per heavy atom. The molecule has 0 amide bonds. The van der Waals surface area contributed by atoms with E-state index in [0.29, 0.717) is 19.4 Å². The maximum absolute atomic E-state index is 12.8. The van der Waals surface area contributed by atoms with Gasteiger partial charge in [0.25, 0.3) is 0 Å². The number of aliphatic hydroxyl groups is 1. The Morgan fingerprint density at radius 2 is 0.810 bits per heavy atom. The molecule has 9 heteroatoms. The number of hydrogen-bond donors (Lipinski definition) is 1. The van der Waals surface area contributed by atoms with Gasteiger partial charge in [0.1, 0.15) is 19.8 Å². The normalized spacial score (nSPS) is 14.1. The van der Waals surface area contributed by atoms with Crippen LogP contribution in [0.15, 0.2) is 24.3 Å². The largest absolute Gasteiger partial charge is 0.465 e. The summed E-state index contributed by atoms with van der Waals surface area (Å²) in [6, 6.07) is 0. The van der Waals surface area contributed by atoms with Crippen molar-refractivity contribution in [3.63, 3.8) is 0 Å². The van der Waals surface area contributed by atoms with Gasteiger partial charge in [0, 0.05) is 45.6 Å². The number of esters is 3. The summed E-state index contributed by atoms with van der Waals surface area (Å²) in [6.45, 7) is 7.87. The second-order valence-electron chi connectivity index (χ2n) is 17.2. The van der Waals surface area contributed by atoms with Gasteiger partial charge in [0.05, 0.1) is 18.4 Å². The molecule has 0 saturated carbocycles. The van der Waals surface area contributed by atoms with Crippen molar-refractivity contribution in [3.05, 3.63) is 24.3 Å². The monoisotopic (exact) mass is 819 g/mol. The van der Waals surface area contributed by atoms with Crippen molar-refractivity contribution in [1.29, 1.82) is 0 Å². The Hall–Kier alpha value is -2.23. The number of ether oxygens (including phenoxy) is 3. The number of aliphatic hydroxyl groups excluding tert-OH is 1. The molecule has 0 aromatic heterocycles. The van der Waals surface area contributed by atoms with Crippen molar-refractivity contribution in [2.24, 2.45) is 5.41 Å². The molecule has 338 valence electrons. The molecule has 0 aliphatic carbocycles. The SMILES string of the molecule is CCCCCCCC/C=C\CCCCCCCC(=O)OCC(CO)(COC(=O)CCCCCCC/C=C\CCCCCCCC)COC(=O)CCN1CCN(C)CC1. The first kappa shape index (κ1) is 53.8. The summed E-state index contributed by atoms with van der Waals surface area (Å²) in [6.07, 6.45) is 40.9. The number of allylic oxidation sites excluding steroid dienone is 4. The zero-order chi connectivity index (χ0) is 42.2. The van der Waals surface area contributed by atoms with E-state index in [1.54, 1.807) is 0 Å². The third-order valence-corrected chi connectivity index (χ3v) is 11.5. The fourth-order valence-corrected chi connectivity index (χ4v) is 7.18. The van der Waals surface area contributed by atoms with E-state index in [1.807, 2.05) is 0 Å². The number of piperazine rings is 1. The molecule has 0 aromatic carbocycles. The van der Waals surface area contributed by atoms with Gasteiger partial charge in [0.15, 0.2) is 0 Å². The lowest BCUT2D eigenvalue weighted by Crippen LogP contribution is -2.45. The maximum Gasteiger partial charge on any atom is 0.307 e. The molecule has 0 atom stereocenters. The van der Waals surface area contributed by atoms with Crippen molar-refractivity contribution in [2.75, 3.05) is 66.2 Å². The topological polar surface area (TPSA) is 106 Å². The fourth-order valence-electron chi connectivity index (χ4n) is 7.18. The number of rotatable bonds is 40. The summed E-state index contributed by atoms with van der Waals surface area (Å²) < 4.78 is 16.9. The van der Waals surface area contributed by atoms with E-state index in [1.165, 1.54) is 103 Å². The van der Waals surface area contributed by atoms with Gasteiger partial charge in [-0.3, -0.25) is 14.4 Å². The van der Waals surface area contributed by atoms with Crippen molar-refractivity contribution >= 4 is 17.9 Å². The van der Waals surface area contributed by atoms with Gasteiger partial charge in [-0.25, -0.2) is 0 Å². The third-order valence-electron chi connectivity index (χ3n) is 11.5. The van der Waals surface area contributed by atoms with E-state index < -0.39 is 12.0 Å². The van der Waals surface area contributed by atoms with Crippen molar-refractivity contribution in [1.82, 2.24) is 9.80 Å². The highest BCUT2D eigenvalue weighted by Gasteiger charge is 2.35. The minimum Gasteiger partial charge on any atom is -0.465 e. The minimum atomic E-state index is -1.21. The van der Waals surface area contributed by atoms with Crippen LogP contribution in [0.1, 0.15) is 200 Å². The van der Waals surface area contributed by atoms with Crippen LogP contribution in [0.3, 0.4) is 0 Å². The lowest BCUT2D eigenvalue weighted by atomic mass is 9.92. The van der Waals surface area contributed by atoms with Crippen LogP contribution in [-0.2, 0) is 28.6 Å². The highest BCUT2D eigenvalue weighted by atomic mass is 16.6. The Bertz CT molecular complexity index is 984. The lowest BCUT2D eigenvalue weighted by molar-refractivity contribution is -0.165. The summed E-state index contributed by atoms with van der Waals surface area (Å²) in [5, 5.41) is 10.5. The fraction of sp³-hybridized carbons (Fsp3) is 0.857. The van der Waals surface area contributed by atoms with Gasteiger partial charge in [-0.2, -0.15) is 0 Å². The van der Waals surface area contributed by atoms with Crippen molar-refractivity contribution < 1.29 is 33.7 Å². The van der Waals surface area contributed by atoms with Gasteiger partial charge in [-0.1, -0.05) is 141 Å². The number of carbonyl (C=O) groups excluding carboxylic acids is 3. The van der Waals surface area contributed by atoms with Crippen LogP contribution < -0.4 is 0 Å². The number of carbonyl (C=O) groups is 3. The molecule has 1 heterocycles. The van der Waals surface area contributed by atoms with Crippen LogP contribution in [0.25, 0.3) is 0 Å². The average Bonchev–Trinajstić information content (AvgIpc) is 3.23. The predicted octanol–water partition coefficient (Wildman–Crippen LogP) is 11.3. The molecule has 1 aliphatic rings. The zero-order valence-corrected chi connectivity index (χ0v) is 38.0. The number of unbranched alkanes of at least 4 members (excludes halogenated alkanes) is 22. The van der Waals surface area contributed by atoms with Gasteiger partial charge < -0.3 is 29.1 Å². The first-order valence-electron chi connectivity index (χ1n) is 24.1. The van der Waals surface area contributed by atoms with Gasteiger partial charge in [-0.05, 0) is 71.3 Å². The van der Waals surface area contributed by atoms with Crippen molar-refractivity contribution in [3.8, 4) is 0 Å². The van der Waals surface area contributed by atoms with Crippen molar-refractivity contribution in [2.45, 2.75) is 200 Å². The van der Waals surface area contributed by atoms with E-state index in [2.05, 4.69) is 55.0 Å². The molecule has 0 radical (unpaired) electrons. The van der Waals surface area contributed by atoms with E-state index >= 15 is 0 Å². The molecule has 58 heavy (non-hydrogen) atoms. The molecule has 1 saturated heterocycles. The van der Waals surface area contributed by atoms with Crippen LogP contribution in [-0.4, -0.2) is 99.0 Å². The Balaban J connectivity index is 2.39. The van der Waals surface area contributed by atoms with Gasteiger partial charge in [0.2, 0.25) is 0 Å². The molecule has 1 N–H and O–H groups in total. The number of likely N-dealkylation sites (N-methyl/N-ethyl adjacent to an activating group) is 1. The van der Waals surface area contributed by atoms with Crippen LogP contribution in [0.5, 0.6) is 0 Å². The minimum absolute atomic E-state index is 0.181. The van der Waals surface area contributed by atoms with E-state index in [4.69, 9.17) is 14.2 Å². The highest BCUT2D eigenvalue weighted by molar-refractivity contribution is 5.70. The van der Waals surface area contributed by atoms with Crippen LogP contribution in [0, 0.1) is 5.41 Å². The smallest absolute Gasteiger partial charge is 0.307 e. The molecule has 0 spiro atoms. The van der Waals surface area contributed by atoms with E-state index in [9.17, 15) is 19.5 Å².